The van der Waals surface area contributed by atoms with Gasteiger partial charge in [0.05, 0.1) is 31.4 Å². The number of benzene rings is 1. The maximum absolute atomic E-state index is 5.20. The van der Waals surface area contributed by atoms with E-state index in [2.05, 4.69) is 65.7 Å². The number of nitrogens with zero attached hydrogens (tertiary/aromatic N) is 4. The highest BCUT2D eigenvalue weighted by molar-refractivity contribution is 5.80. The SMILES string of the molecule is CCNC(=NCc1c(C)nn(CCOC)c1C)NC(C)c1cccc(N2CCCC2)c1. The molecule has 1 atom stereocenters. The molecule has 1 aromatic carbocycles. The van der Waals surface area contributed by atoms with E-state index in [1.807, 2.05) is 11.6 Å². The number of anilines is 1. The van der Waals surface area contributed by atoms with Gasteiger partial charge in [0.1, 0.15) is 0 Å². The minimum absolute atomic E-state index is 0.159. The molecule has 2 N–H and O–H groups in total. The molecular weight excluding hydrogens is 388 g/mol. The van der Waals surface area contributed by atoms with E-state index < -0.39 is 0 Å². The molecule has 1 aliphatic heterocycles. The summed E-state index contributed by atoms with van der Waals surface area (Å²) in [4.78, 5) is 7.34. The van der Waals surface area contributed by atoms with Gasteiger partial charge in [0.15, 0.2) is 5.96 Å². The van der Waals surface area contributed by atoms with Crippen molar-refractivity contribution >= 4 is 11.6 Å². The fourth-order valence-corrected chi connectivity index (χ4v) is 4.09. The van der Waals surface area contributed by atoms with Gasteiger partial charge in [-0.05, 0) is 58.2 Å². The van der Waals surface area contributed by atoms with Gasteiger partial charge in [-0.25, -0.2) is 4.99 Å². The van der Waals surface area contributed by atoms with E-state index in [4.69, 9.17) is 9.73 Å². The van der Waals surface area contributed by atoms with Crippen LogP contribution in [0.3, 0.4) is 0 Å². The molecule has 0 spiro atoms. The van der Waals surface area contributed by atoms with Gasteiger partial charge >= 0.3 is 0 Å². The number of nitrogens with one attached hydrogen (secondary N) is 2. The first-order valence-corrected chi connectivity index (χ1v) is 11.4. The van der Waals surface area contributed by atoms with E-state index in [0.29, 0.717) is 13.2 Å². The Morgan fingerprint density at radius 3 is 2.74 bits per heavy atom. The zero-order valence-corrected chi connectivity index (χ0v) is 19.7. The predicted molar refractivity (Wildman–Crippen MR) is 128 cm³/mol. The van der Waals surface area contributed by atoms with Crippen molar-refractivity contribution < 1.29 is 4.74 Å². The normalized spacial score (nSPS) is 15.4. The van der Waals surface area contributed by atoms with E-state index in [0.717, 1.165) is 43.5 Å². The molecule has 1 saturated heterocycles. The largest absolute Gasteiger partial charge is 0.383 e. The number of aryl methyl sites for hydroxylation is 1. The smallest absolute Gasteiger partial charge is 0.192 e. The van der Waals surface area contributed by atoms with Crippen LogP contribution in [-0.4, -0.2) is 49.1 Å². The topological polar surface area (TPSA) is 66.7 Å². The van der Waals surface area contributed by atoms with Crippen molar-refractivity contribution in [2.75, 3.05) is 38.3 Å². The Labute approximate surface area is 186 Å². The summed E-state index contributed by atoms with van der Waals surface area (Å²) < 4.78 is 7.21. The van der Waals surface area contributed by atoms with Gasteiger partial charge < -0.3 is 20.3 Å². The molecule has 0 saturated carbocycles. The second-order valence-corrected chi connectivity index (χ2v) is 8.22. The number of guanidine groups is 1. The molecular formula is C24H38N6O. The van der Waals surface area contributed by atoms with E-state index in [1.165, 1.54) is 29.7 Å². The highest BCUT2D eigenvalue weighted by atomic mass is 16.5. The highest BCUT2D eigenvalue weighted by Gasteiger charge is 2.15. The lowest BCUT2D eigenvalue weighted by molar-refractivity contribution is 0.182. The third-order valence-corrected chi connectivity index (χ3v) is 5.97. The first-order chi connectivity index (χ1) is 15.0. The molecule has 1 unspecified atom stereocenters. The number of aliphatic imine (C=N–C) groups is 1. The van der Waals surface area contributed by atoms with Crippen molar-refractivity contribution in [3.8, 4) is 0 Å². The molecule has 7 nitrogen and oxygen atoms in total. The maximum Gasteiger partial charge on any atom is 0.192 e. The summed E-state index contributed by atoms with van der Waals surface area (Å²) in [5, 5.41) is 11.6. The molecule has 7 heteroatoms. The van der Waals surface area contributed by atoms with Gasteiger partial charge in [-0.2, -0.15) is 5.10 Å². The van der Waals surface area contributed by atoms with E-state index in [1.54, 1.807) is 7.11 Å². The lowest BCUT2D eigenvalue weighted by atomic mass is 10.1. The number of hydrogen-bond donors (Lipinski definition) is 2. The predicted octanol–water partition coefficient (Wildman–Crippen LogP) is 3.56. The molecule has 1 aliphatic rings. The molecule has 3 rings (SSSR count). The summed E-state index contributed by atoms with van der Waals surface area (Å²) in [6.45, 7) is 13.6. The lowest BCUT2D eigenvalue weighted by Crippen LogP contribution is -2.38. The van der Waals surface area contributed by atoms with Gasteiger partial charge in [-0.1, -0.05) is 12.1 Å². The summed E-state index contributed by atoms with van der Waals surface area (Å²) in [6.07, 6.45) is 2.58. The Kier molecular flexibility index (Phi) is 8.35. The van der Waals surface area contributed by atoms with Gasteiger partial charge in [0.2, 0.25) is 0 Å². The third-order valence-electron chi connectivity index (χ3n) is 5.97. The van der Waals surface area contributed by atoms with Crippen LogP contribution in [0.5, 0.6) is 0 Å². The van der Waals surface area contributed by atoms with Crippen LogP contribution in [-0.2, 0) is 17.8 Å². The quantitative estimate of drug-likeness (QED) is 0.474. The van der Waals surface area contributed by atoms with Crippen LogP contribution in [0.4, 0.5) is 5.69 Å². The summed E-state index contributed by atoms with van der Waals surface area (Å²) in [6, 6.07) is 9.03. The van der Waals surface area contributed by atoms with E-state index in [-0.39, 0.29) is 6.04 Å². The second-order valence-electron chi connectivity index (χ2n) is 8.22. The van der Waals surface area contributed by atoms with Crippen LogP contribution >= 0.6 is 0 Å². The maximum atomic E-state index is 5.20. The Morgan fingerprint density at radius 1 is 1.26 bits per heavy atom. The monoisotopic (exact) mass is 426 g/mol. The van der Waals surface area contributed by atoms with Crippen molar-refractivity contribution in [3.05, 3.63) is 46.8 Å². The zero-order chi connectivity index (χ0) is 22.2. The van der Waals surface area contributed by atoms with Gasteiger partial charge in [0, 0.05) is 43.7 Å². The summed E-state index contributed by atoms with van der Waals surface area (Å²) in [5.41, 5.74) is 5.95. The van der Waals surface area contributed by atoms with Crippen LogP contribution in [0.2, 0.25) is 0 Å². The molecule has 170 valence electrons. The molecule has 2 heterocycles. The Morgan fingerprint density at radius 2 is 2.03 bits per heavy atom. The molecule has 0 bridgehead atoms. The van der Waals surface area contributed by atoms with Crippen LogP contribution < -0.4 is 15.5 Å². The molecule has 0 amide bonds. The standard InChI is InChI=1S/C24H38N6O/c1-6-25-24(26-17-23-19(3)28-30(20(23)4)14-15-31-5)27-18(2)21-10-9-11-22(16-21)29-12-7-8-13-29/h9-11,16,18H,6-8,12-15,17H2,1-5H3,(H2,25,26,27). The molecule has 1 fully saturated rings. The number of rotatable bonds is 9. The minimum atomic E-state index is 0.159. The molecule has 31 heavy (non-hydrogen) atoms. The number of aromatic nitrogens is 2. The summed E-state index contributed by atoms with van der Waals surface area (Å²) >= 11 is 0. The van der Waals surface area contributed by atoms with Gasteiger partial charge in [0.25, 0.3) is 0 Å². The number of methoxy groups -OCH3 is 1. The van der Waals surface area contributed by atoms with Crippen LogP contribution in [0.15, 0.2) is 29.3 Å². The molecule has 2 aromatic rings. The first-order valence-electron chi connectivity index (χ1n) is 11.4. The van der Waals surface area contributed by atoms with Gasteiger partial charge in [-0.15, -0.1) is 0 Å². The lowest BCUT2D eigenvalue weighted by Gasteiger charge is -2.22. The second kappa shape index (κ2) is 11.2. The molecule has 0 aliphatic carbocycles. The van der Waals surface area contributed by atoms with Crippen molar-refractivity contribution in [2.45, 2.75) is 59.7 Å². The van der Waals surface area contributed by atoms with E-state index in [9.17, 15) is 0 Å². The van der Waals surface area contributed by atoms with Crippen molar-refractivity contribution in [2.24, 2.45) is 4.99 Å². The van der Waals surface area contributed by atoms with Crippen LogP contribution in [0.25, 0.3) is 0 Å². The average molecular weight is 427 g/mol. The van der Waals surface area contributed by atoms with Crippen LogP contribution in [0.1, 0.15) is 55.2 Å². The molecule has 1 aromatic heterocycles. The van der Waals surface area contributed by atoms with E-state index >= 15 is 0 Å². The fraction of sp³-hybridized carbons (Fsp3) is 0.583. The van der Waals surface area contributed by atoms with Crippen molar-refractivity contribution in [1.82, 2.24) is 20.4 Å². The Hall–Kier alpha value is -2.54. The first kappa shape index (κ1) is 23.1. The zero-order valence-electron chi connectivity index (χ0n) is 19.7. The highest BCUT2D eigenvalue weighted by Crippen LogP contribution is 2.24. The van der Waals surface area contributed by atoms with Gasteiger partial charge in [-0.3, -0.25) is 4.68 Å². The summed E-state index contributed by atoms with van der Waals surface area (Å²) in [5.74, 6) is 0.824. The third kappa shape index (κ3) is 6.00. The average Bonchev–Trinajstić information content (AvgIpc) is 3.40. The number of hydrogen-bond acceptors (Lipinski definition) is 4. The minimum Gasteiger partial charge on any atom is -0.383 e. The fourth-order valence-electron chi connectivity index (χ4n) is 4.09. The number of ether oxygens (including phenoxy) is 1. The Bertz CT molecular complexity index is 869. The summed E-state index contributed by atoms with van der Waals surface area (Å²) in [7, 11) is 1.72. The Balaban J connectivity index is 1.70. The van der Waals surface area contributed by atoms with Crippen LogP contribution in [0, 0.1) is 13.8 Å². The van der Waals surface area contributed by atoms with Crippen molar-refractivity contribution in [1.29, 1.82) is 0 Å². The molecule has 0 radical (unpaired) electrons. The van der Waals surface area contributed by atoms with Crippen molar-refractivity contribution in [3.63, 3.8) is 0 Å².